The van der Waals surface area contributed by atoms with Crippen molar-refractivity contribution in [3.05, 3.63) is 66.4 Å². The van der Waals surface area contributed by atoms with Gasteiger partial charge in [0.1, 0.15) is 28.7 Å². The number of alkyl halides is 3. The number of ether oxygens (including phenoxy) is 1. The Hall–Kier alpha value is -3.69. The zero-order valence-corrected chi connectivity index (χ0v) is 14.9. The molecule has 0 spiro atoms. The van der Waals surface area contributed by atoms with Crippen molar-refractivity contribution in [1.29, 1.82) is 0 Å². The third-order valence-electron chi connectivity index (χ3n) is 4.08. The van der Waals surface area contributed by atoms with E-state index in [-0.39, 0.29) is 17.3 Å². The number of anilines is 2. The molecule has 3 heterocycles. The molecule has 0 amide bonds. The zero-order chi connectivity index (χ0) is 20.6. The van der Waals surface area contributed by atoms with Gasteiger partial charge in [-0.2, -0.15) is 13.2 Å². The normalized spacial score (nSPS) is 11.6. The fourth-order valence-corrected chi connectivity index (χ4v) is 2.79. The van der Waals surface area contributed by atoms with E-state index in [0.29, 0.717) is 11.4 Å². The Morgan fingerprint density at radius 1 is 1.00 bits per heavy atom. The molecule has 6 nitrogen and oxygen atoms in total. The Morgan fingerprint density at radius 3 is 2.45 bits per heavy atom. The molecule has 0 unspecified atom stereocenters. The van der Waals surface area contributed by atoms with Gasteiger partial charge in [-0.05, 0) is 42.5 Å². The SMILES string of the molecule is COc1ccc(Nc2ccnc(-c3c(C(F)(F)F)nc4ccc(F)cn34)n2)cc1. The molecule has 0 fully saturated rings. The van der Waals surface area contributed by atoms with Gasteiger partial charge in [0, 0.05) is 18.1 Å². The second-order valence-electron chi connectivity index (χ2n) is 6.00. The van der Waals surface area contributed by atoms with Gasteiger partial charge in [0.25, 0.3) is 0 Å². The minimum Gasteiger partial charge on any atom is -0.497 e. The van der Waals surface area contributed by atoms with Crippen LogP contribution in [-0.2, 0) is 6.18 Å². The van der Waals surface area contributed by atoms with Crippen LogP contribution in [0.25, 0.3) is 17.2 Å². The number of halogens is 4. The first-order chi connectivity index (χ1) is 13.8. The zero-order valence-electron chi connectivity index (χ0n) is 14.9. The van der Waals surface area contributed by atoms with Crippen LogP contribution in [0.15, 0.2) is 54.9 Å². The largest absolute Gasteiger partial charge is 0.497 e. The molecule has 3 aromatic heterocycles. The highest BCUT2D eigenvalue weighted by Crippen LogP contribution is 2.36. The molecular weight excluding hydrogens is 390 g/mol. The molecule has 0 atom stereocenters. The molecule has 0 aliphatic carbocycles. The van der Waals surface area contributed by atoms with E-state index in [9.17, 15) is 17.6 Å². The van der Waals surface area contributed by atoms with Crippen LogP contribution >= 0.6 is 0 Å². The van der Waals surface area contributed by atoms with Crippen LogP contribution in [0.1, 0.15) is 5.69 Å². The number of aromatic nitrogens is 4. The van der Waals surface area contributed by atoms with Gasteiger partial charge in [-0.25, -0.2) is 19.3 Å². The lowest BCUT2D eigenvalue weighted by Crippen LogP contribution is -2.09. The van der Waals surface area contributed by atoms with Gasteiger partial charge < -0.3 is 10.1 Å². The minimum absolute atomic E-state index is 0.0640. The van der Waals surface area contributed by atoms with Crippen molar-refractivity contribution < 1.29 is 22.3 Å². The van der Waals surface area contributed by atoms with Gasteiger partial charge >= 0.3 is 6.18 Å². The maximum Gasteiger partial charge on any atom is 0.435 e. The van der Waals surface area contributed by atoms with Crippen molar-refractivity contribution in [2.75, 3.05) is 12.4 Å². The number of nitrogens with zero attached hydrogens (tertiary/aromatic N) is 4. The highest BCUT2D eigenvalue weighted by Gasteiger charge is 2.39. The van der Waals surface area contributed by atoms with Crippen LogP contribution in [0, 0.1) is 5.82 Å². The second kappa shape index (κ2) is 7.04. The van der Waals surface area contributed by atoms with E-state index in [1.807, 2.05) is 0 Å². The first-order valence-corrected chi connectivity index (χ1v) is 8.34. The van der Waals surface area contributed by atoms with E-state index in [1.54, 1.807) is 24.3 Å². The number of imidazole rings is 1. The summed E-state index contributed by atoms with van der Waals surface area (Å²) >= 11 is 0. The van der Waals surface area contributed by atoms with Crippen molar-refractivity contribution in [1.82, 2.24) is 19.4 Å². The minimum atomic E-state index is -4.76. The van der Waals surface area contributed by atoms with Gasteiger partial charge in [-0.1, -0.05) is 0 Å². The van der Waals surface area contributed by atoms with E-state index >= 15 is 0 Å². The molecule has 10 heteroatoms. The number of nitrogens with one attached hydrogen (secondary N) is 1. The summed E-state index contributed by atoms with van der Waals surface area (Å²) in [6.45, 7) is 0. The third-order valence-corrected chi connectivity index (χ3v) is 4.08. The van der Waals surface area contributed by atoms with Crippen LogP contribution in [0.3, 0.4) is 0 Å². The van der Waals surface area contributed by atoms with Crippen molar-refractivity contribution in [3.8, 4) is 17.3 Å². The highest BCUT2D eigenvalue weighted by atomic mass is 19.4. The van der Waals surface area contributed by atoms with Crippen molar-refractivity contribution in [2.24, 2.45) is 0 Å². The number of benzene rings is 1. The summed E-state index contributed by atoms with van der Waals surface area (Å²) in [7, 11) is 1.54. The lowest BCUT2D eigenvalue weighted by Gasteiger charge is -2.10. The smallest absolute Gasteiger partial charge is 0.435 e. The van der Waals surface area contributed by atoms with E-state index < -0.39 is 23.4 Å². The average Bonchev–Trinajstić information content (AvgIpc) is 3.08. The molecule has 0 saturated heterocycles. The fraction of sp³-hybridized carbons (Fsp3) is 0.105. The van der Waals surface area contributed by atoms with E-state index in [2.05, 4.69) is 20.3 Å². The third kappa shape index (κ3) is 3.68. The predicted octanol–water partition coefficient (Wildman–Crippen LogP) is 4.70. The molecule has 1 N–H and O–H groups in total. The molecule has 0 radical (unpaired) electrons. The Labute approximate surface area is 161 Å². The number of methoxy groups -OCH3 is 1. The van der Waals surface area contributed by atoms with Gasteiger partial charge in [-0.3, -0.25) is 4.40 Å². The molecule has 29 heavy (non-hydrogen) atoms. The summed E-state index contributed by atoms with van der Waals surface area (Å²) in [5, 5.41) is 2.98. The molecule has 4 rings (SSSR count). The second-order valence-corrected chi connectivity index (χ2v) is 6.00. The summed E-state index contributed by atoms with van der Waals surface area (Å²) < 4.78 is 60.4. The number of hydrogen-bond donors (Lipinski definition) is 1. The van der Waals surface area contributed by atoms with E-state index in [0.717, 1.165) is 22.7 Å². The molecule has 4 aromatic rings. The summed E-state index contributed by atoms with van der Waals surface area (Å²) in [6, 6.07) is 10.6. The molecule has 0 bridgehead atoms. The monoisotopic (exact) mass is 403 g/mol. The maximum atomic E-state index is 13.7. The Morgan fingerprint density at radius 2 is 1.76 bits per heavy atom. The van der Waals surface area contributed by atoms with Crippen LogP contribution in [-0.4, -0.2) is 26.5 Å². The maximum absolute atomic E-state index is 13.7. The average molecular weight is 403 g/mol. The molecular formula is C19H13F4N5O. The molecule has 148 valence electrons. The number of fused-ring (bicyclic) bond motifs is 1. The summed E-state index contributed by atoms with van der Waals surface area (Å²) in [4.78, 5) is 11.7. The summed E-state index contributed by atoms with van der Waals surface area (Å²) in [5.41, 5.74) is -1.04. The number of hydrogen-bond acceptors (Lipinski definition) is 5. The Bertz CT molecular complexity index is 1170. The predicted molar refractivity (Wildman–Crippen MR) is 97.5 cm³/mol. The lowest BCUT2D eigenvalue weighted by atomic mass is 10.3. The van der Waals surface area contributed by atoms with Gasteiger partial charge in [-0.15, -0.1) is 0 Å². The van der Waals surface area contributed by atoms with Crippen LogP contribution < -0.4 is 10.1 Å². The van der Waals surface area contributed by atoms with Crippen LogP contribution in [0.2, 0.25) is 0 Å². The van der Waals surface area contributed by atoms with Gasteiger partial charge in [0.15, 0.2) is 11.5 Å². The molecule has 0 saturated carbocycles. The molecule has 0 aliphatic heterocycles. The molecule has 1 aromatic carbocycles. The quantitative estimate of drug-likeness (QED) is 0.501. The topological polar surface area (TPSA) is 64.3 Å². The standard InChI is InChI=1S/C19H13F4N5O/c1-29-13-5-3-12(4-6-13)25-14-8-9-24-18(26-14)16-17(19(21,22)23)27-15-7-2-11(20)10-28(15)16/h2-10H,1H3,(H,24,25,26). The van der Waals surface area contributed by atoms with E-state index in [1.165, 1.54) is 19.4 Å². The number of rotatable bonds is 4. The Balaban J connectivity index is 1.79. The lowest BCUT2D eigenvalue weighted by molar-refractivity contribution is -0.140. The van der Waals surface area contributed by atoms with Crippen LogP contribution in [0.4, 0.5) is 29.1 Å². The highest BCUT2D eigenvalue weighted by molar-refractivity contribution is 5.65. The van der Waals surface area contributed by atoms with Crippen LogP contribution in [0.5, 0.6) is 5.75 Å². The summed E-state index contributed by atoms with van der Waals surface area (Å²) in [6.07, 6.45) is -2.53. The van der Waals surface area contributed by atoms with Crippen molar-refractivity contribution in [3.63, 3.8) is 0 Å². The van der Waals surface area contributed by atoms with Crippen molar-refractivity contribution in [2.45, 2.75) is 6.18 Å². The van der Waals surface area contributed by atoms with E-state index in [4.69, 9.17) is 4.74 Å². The Kier molecular flexibility index (Phi) is 4.53. The fourth-order valence-electron chi connectivity index (χ4n) is 2.79. The number of pyridine rings is 1. The van der Waals surface area contributed by atoms with Gasteiger partial charge in [0.05, 0.1) is 7.11 Å². The summed E-state index contributed by atoms with van der Waals surface area (Å²) in [5.74, 6) is -0.0348. The van der Waals surface area contributed by atoms with Crippen molar-refractivity contribution >= 4 is 17.2 Å². The first-order valence-electron chi connectivity index (χ1n) is 8.34. The first kappa shape index (κ1) is 18.7. The van der Waals surface area contributed by atoms with Gasteiger partial charge in [0.2, 0.25) is 0 Å². The molecule has 0 aliphatic rings.